The molecule has 6 heteroatoms. The summed E-state index contributed by atoms with van der Waals surface area (Å²) in [5.74, 6) is 0.677. The monoisotopic (exact) mass is 373 g/mol. The van der Waals surface area contributed by atoms with Crippen molar-refractivity contribution in [1.82, 2.24) is 10.6 Å². The fourth-order valence-electron chi connectivity index (χ4n) is 3.84. The van der Waals surface area contributed by atoms with Crippen molar-refractivity contribution < 1.29 is 14.3 Å². The normalized spacial score (nSPS) is 18.1. The van der Waals surface area contributed by atoms with Crippen LogP contribution in [0.3, 0.4) is 0 Å². The number of urea groups is 1. The van der Waals surface area contributed by atoms with Crippen LogP contribution in [0.1, 0.15) is 64.2 Å². The van der Waals surface area contributed by atoms with E-state index >= 15 is 0 Å². The molecule has 2 saturated carbocycles. The number of amides is 3. The first kappa shape index (κ1) is 19.5. The highest BCUT2D eigenvalue weighted by Crippen LogP contribution is 2.25. The predicted octanol–water partition coefficient (Wildman–Crippen LogP) is 3.97. The molecule has 6 nitrogen and oxygen atoms in total. The molecule has 0 heterocycles. The number of carbonyl (C=O) groups excluding carboxylic acids is 2. The molecular weight excluding hydrogens is 342 g/mol. The van der Waals surface area contributed by atoms with Crippen molar-refractivity contribution in [2.45, 2.75) is 76.4 Å². The Hall–Kier alpha value is -2.24. The molecule has 3 rings (SSSR count). The highest BCUT2D eigenvalue weighted by molar-refractivity contribution is 5.91. The van der Waals surface area contributed by atoms with E-state index in [-0.39, 0.29) is 24.4 Å². The minimum absolute atomic E-state index is 0.119. The number of anilines is 1. The lowest BCUT2D eigenvalue weighted by Gasteiger charge is -2.22. The number of ether oxygens (including phenoxy) is 1. The van der Waals surface area contributed by atoms with Crippen molar-refractivity contribution in [3.63, 3.8) is 0 Å². The van der Waals surface area contributed by atoms with Gasteiger partial charge in [0.2, 0.25) is 5.91 Å². The molecule has 3 N–H and O–H groups in total. The van der Waals surface area contributed by atoms with Crippen LogP contribution in [-0.2, 0) is 4.79 Å². The molecule has 2 aliphatic carbocycles. The van der Waals surface area contributed by atoms with Gasteiger partial charge in [-0.15, -0.1) is 0 Å². The summed E-state index contributed by atoms with van der Waals surface area (Å²) < 4.78 is 5.97. The number of carbonyl (C=O) groups is 2. The first-order valence-corrected chi connectivity index (χ1v) is 10.3. The maximum absolute atomic E-state index is 12.1. The molecule has 0 aliphatic heterocycles. The molecule has 3 amide bonds. The van der Waals surface area contributed by atoms with Crippen molar-refractivity contribution in [3.8, 4) is 5.75 Å². The number of hydrogen-bond acceptors (Lipinski definition) is 3. The molecule has 0 radical (unpaired) electrons. The summed E-state index contributed by atoms with van der Waals surface area (Å²) in [4.78, 5) is 24.0. The van der Waals surface area contributed by atoms with Gasteiger partial charge in [-0.3, -0.25) is 4.79 Å². The Morgan fingerprint density at radius 2 is 1.74 bits per heavy atom. The Kier molecular flexibility index (Phi) is 7.36. The van der Waals surface area contributed by atoms with E-state index in [0.29, 0.717) is 12.6 Å². The lowest BCUT2D eigenvalue weighted by Crippen LogP contribution is -2.43. The number of hydrogen-bond donors (Lipinski definition) is 3. The second-order valence-electron chi connectivity index (χ2n) is 7.59. The second kappa shape index (κ2) is 10.2. The molecule has 2 fully saturated rings. The van der Waals surface area contributed by atoms with Crippen molar-refractivity contribution in [2.24, 2.45) is 0 Å². The third-order valence-electron chi connectivity index (χ3n) is 5.30. The summed E-state index contributed by atoms with van der Waals surface area (Å²) in [5, 5.41) is 8.63. The fraction of sp³-hybridized carbons (Fsp3) is 0.619. The van der Waals surface area contributed by atoms with E-state index in [1.165, 1.54) is 32.1 Å². The summed E-state index contributed by atoms with van der Waals surface area (Å²) in [6, 6.07) is 7.61. The molecule has 0 bridgehead atoms. The van der Waals surface area contributed by atoms with Gasteiger partial charge in [-0.25, -0.2) is 4.79 Å². The summed E-state index contributed by atoms with van der Waals surface area (Å²) >= 11 is 0. The zero-order valence-electron chi connectivity index (χ0n) is 16.0. The molecule has 0 unspecified atom stereocenters. The van der Waals surface area contributed by atoms with Crippen molar-refractivity contribution in [3.05, 3.63) is 24.3 Å². The molecule has 27 heavy (non-hydrogen) atoms. The summed E-state index contributed by atoms with van der Waals surface area (Å²) in [5.41, 5.74) is 0.724. The molecule has 1 aromatic rings. The molecular formula is C21H31N3O3. The first-order valence-electron chi connectivity index (χ1n) is 10.3. The average Bonchev–Trinajstić information content (AvgIpc) is 3.16. The Balaban J connectivity index is 1.35. The second-order valence-corrected chi connectivity index (χ2v) is 7.59. The van der Waals surface area contributed by atoms with Crippen LogP contribution < -0.4 is 20.7 Å². The van der Waals surface area contributed by atoms with Crippen LogP contribution in [0.15, 0.2) is 24.3 Å². The summed E-state index contributed by atoms with van der Waals surface area (Å²) in [6.45, 7) is 0.322. The minimum atomic E-state index is -0.179. The van der Waals surface area contributed by atoms with Crippen LogP contribution in [0.25, 0.3) is 0 Å². The van der Waals surface area contributed by atoms with Gasteiger partial charge in [0.25, 0.3) is 0 Å². The molecule has 0 aromatic heterocycles. The number of nitrogens with one attached hydrogen (secondary N) is 3. The lowest BCUT2D eigenvalue weighted by molar-refractivity contribution is -0.116. The zero-order chi connectivity index (χ0) is 18.9. The Bertz CT molecular complexity index is 623. The van der Waals surface area contributed by atoms with E-state index < -0.39 is 0 Å². The van der Waals surface area contributed by atoms with Crippen LogP contribution in [-0.4, -0.2) is 30.6 Å². The van der Waals surface area contributed by atoms with E-state index in [0.717, 1.165) is 37.1 Å². The van der Waals surface area contributed by atoms with E-state index in [1.54, 1.807) is 0 Å². The largest absolute Gasteiger partial charge is 0.490 e. The number of rotatable bonds is 7. The van der Waals surface area contributed by atoms with Gasteiger partial charge < -0.3 is 20.7 Å². The summed E-state index contributed by atoms with van der Waals surface area (Å²) in [6.07, 6.45) is 10.9. The standard InChI is InChI=1S/C21H31N3O3/c25-20(13-14-22-21(26)24-16-7-2-1-3-8-16)23-17-9-6-12-19(15-17)27-18-10-4-5-11-18/h6,9,12,15-16,18H,1-5,7-8,10-11,13-14H2,(H,23,25)(H2,22,24,26). The highest BCUT2D eigenvalue weighted by atomic mass is 16.5. The number of benzene rings is 1. The Morgan fingerprint density at radius 1 is 1.00 bits per heavy atom. The SMILES string of the molecule is O=C(CCNC(=O)NC1CCCCC1)Nc1cccc(OC2CCCC2)c1. The first-order chi connectivity index (χ1) is 13.2. The smallest absolute Gasteiger partial charge is 0.315 e. The Morgan fingerprint density at radius 3 is 2.52 bits per heavy atom. The quantitative estimate of drug-likeness (QED) is 0.677. The maximum atomic E-state index is 12.1. The third-order valence-corrected chi connectivity index (χ3v) is 5.30. The van der Waals surface area contributed by atoms with Gasteiger partial charge in [-0.2, -0.15) is 0 Å². The average molecular weight is 373 g/mol. The van der Waals surface area contributed by atoms with Crippen LogP contribution in [0, 0.1) is 0 Å². The van der Waals surface area contributed by atoms with Gasteiger partial charge in [0.1, 0.15) is 5.75 Å². The van der Waals surface area contributed by atoms with Crippen LogP contribution >= 0.6 is 0 Å². The fourth-order valence-corrected chi connectivity index (χ4v) is 3.84. The van der Waals surface area contributed by atoms with Crippen molar-refractivity contribution in [2.75, 3.05) is 11.9 Å². The van der Waals surface area contributed by atoms with Gasteiger partial charge in [0.15, 0.2) is 0 Å². The van der Waals surface area contributed by atoms with E-state index in [4.69, 9.17) is 4.74 Å². The predicted molar refractivity (Wildman–Crippen MR) is 106 cm³/mol. The topological polar surface area (TPSA) is 79.5 Å². The van der Waals surface area contributed by atoms with Crippen LogP contribution in [0.4, 0.5) is 10.5 Å². The minimum Gasteiger partial charge on any atom is -0.490 e. The molecule has 1 aromatic carbocycles. The van der Waals surface area contributed by atoms with Crippen molar-refractivity contribution >= 4 is 17.6 Å². The molecule has 0 spiro atoms. The maximum Gasteiger partial charge on any atom is 0.315 e. The molecule has 0 atom stereocenters. The molecule has 0 saturated heterocycles. The van der Waals surface area contributed by atoms with Crippen LogP contribution in [0.5, 0.6) is 5.75 Å². The van der Waals surface area contributed by atoms with Crippen LogP contribution in [0.2, 0.25) is 0 Å². The van der Waals surface area contributed by atoms with E-state index in [2.05, 4.69) is 16.0 Å². The lowest BCUT2D eigenvalue weighted by atomic mass is 9.96. The molecule has 2 aliphatic rings. The summed E-state index contributed by atoms with van der Waals surface area (Å²) in [7, 11) is 0. The highest BCUT2D eigenvalue weighted by Gasteiger charge is 2.17. The van der Waals surface area contributed by atoms with Crippen molar-refractivity contribution in [1.29, 1.82) is 0 Å². The van der Waals surface area contributed by atoms with Gasteiger partial charge in [-0.1, -0.05) is 25.3 Å². The van der Waals surface area contributed by atoms with E-state index in [1.807, 2.05) is 24.3 Å². The Labute approximate surface area is 161 Å². The zero-order valence-corrected chi connectivity index (χ0v) is 16.0. The van der Waals surface area contributed by atoms with Gasteiger partial charge >= 0.3 is 6.03 Å². The van der Waals surface area contributed by atoms with Gasteiger partial charge in [-0.05, 0) is 50.7 Å². The van der Waals surface area contributed by atoms with E-state index in [9.17, 15) is 9.59 Å². The third kappa shape index (κ3) is 6.77. The van der Waals surface area contributed by atoms with Gasteiger partial charge in [0, 0.05) is 30.8 Å². The van der Waals surface area contributed by atoms with Gasteiger partial charge in [0.05, 0.1) is 6.10 Å². The molecule has 148 valence electrons.